The van der Waals surface area contributed by atoms with Crippen LogP contribution in [0.2, 0.25) is 0 Å². The summed E-state index contributed by atoms with van der Waals surface area (Å²) in [5.74, 6) is 1.89. The van der Waals surface area contributed by atoms with Crippen LogP contribution in [0.4, 0.5) is 0 Å². The van der Waals surface area contributed by atoms with E-state index >= 15 is 0 Å². The number of aromatic nitrogens is 3. The van der Waals surface area contributed by atoms with Gasteiger partial charge in [0.05, 0.1) is 0 Å². The standard InChI is InChI=1S/C51H31N3O/c1-2-12-35(13-3-1)49-52-50(36-25-21-33(22-26-36)41-18-10-20-46-48(41)43-17-8-9-19-45(43)55-46)54-51(53-49)37-27-23-34(24-28-37)44-31-38-14-5-6-15-39(38)42-30-29-32-11-4-7-16-40(32)47(42)44/h1-31H. The van der Waals surface area contributed by atoms with E-state index in [9.17, 15) is 0 Å². The number of para-hydroxylation sites is 1. The van der Waals surface area contributed by atoms with Crippen molar-refractivity contribution in [1.29, 1.82) is 0 Å². The second kappa shape index (κ2) is 12.6. The first-order valence-electron chi connectivity index (χ1n) is 18.5. The van der Waals surface area contributed by atoms with Crippen LogP contribution in [-0.2, 0) is 0 Å². The Bertz CT molecular complexity index is 3240. The first kappa shape index (κ1) is 31.1. The molecule has 0 amide bonds. The van der Waals surface area contributed by atoms with Crippen molar-refractivity contribution in [2.45, 2.75) is 0 Å². The van der Waals surface area contributed by atoms with Gasteiger partial charge < -0.3 is 4.42 Å². The fourth-order valence-electron chi connectivity index (χ4n) is 8.07. The number of hydrogen-bond acceptors (Lipinski definition) is 4. The molecule has 9 aromatic carbocycles. The molecule has 2 heterocycles. The molecule has 0 fully saturated rings. The van der Waals surface area contributed by atoms with Gasteiger partial charge in [-0.1, -0.05) is 170 Å². The van der Waals surface area contributed by atoms with Crippen LogP contribution in [0.25, 0.3) is 111 Å². The molecule has 4 heteroatoms. The molecule has 0 spiro atoms. The van der Waals surface area contributed by atoms with Crippen molar-refractivity contribution in [1.82, 2.24) is 15.0 Å². The summed E-state index contributed by atoms with van der Waals surface area (Å²) in [7, 11) is 0. The van der Waals surface area contributed by atoms with E-state index in [1.54, 1.807) is 0 Å². The summed E-state index contributed by atoms with van der Waals surface area (Å²) in [5, 5.41) is 9.71. The molecule has 0 unspecified atom stereocenters. The molecule has 55 heavy (non-hydrogen) atoms. The second-order valence-corrected chi connectivity index (χ2v) is 14.0. The molecule has 0 radical (unpaired) electrons. The van der Waals surface area contributed by atoms with Gasteiger partial charge in [0.25, 0.3) is 0 Å². The van der Waals surface area contributed by atoms with Gasteiger partial charge in [-0.15, -0.1) is 0 Å². The molecule has 2 aromatic heterocycles. The van der Waals surface area contributed by atoms with Gasteiger partial charge in [-0.3, -0.25) is 0 Å². The minimum absolute atomic E-state index is 0.624. The molecular formula is C51H31N3O. The highest BCUT2D eigenvalue weighted by molar-refractivity contribution is 6.23. The lowest BCUT2D eigenvalue weighted by Gasteiger charge is -2.14. The van der Waals surface area contributed by atoms with Gasteiger partial charge in [0.1, 0.15) is 11.2 Å². The predicted molar refractivity (Wildman–Crippen MR) is 227 cm³/mol. The zero-order valence-electron chi connectivity index (χ0n) is 29.6. The smallest absolute Gasteiger partial charge is 0.164 e. The lowest BCUT2D eigenvalue weighted by atomic mass is 9.90. The molecular weight excluding hydrogens is 671 g/mol. The Morgan fingerprint density at radius 3 is 1.53 bits per heavy atom. The molecule has 4 nitrogen and oxygen atoms in total. The molecule has 0 aliphatic carbocycles. The Morgan fingerprint density at radius 2 is 0.818 bits per heavy atom. The van der Waals surface area contributed by atoms with Gasteiger partial charge in [-0.05, 0) is 72.8 Å². The molecule has 0 N–H and O–H groups in total. The number of hydrogen-bond donors (Lipinski definition) is 0. The van der Waals surface area contributed by atoms with E-state index in [2.05, 4.69) is 133 Å². The van der Waals surface area contributed by atoms with Gasteiger partial charge in [-0.25, -0.2) is 15.0 Å². The van der Waals surface area contributed by atoms with Crippen molar-refractivity contribution in [2.24, 2.45) is 0 Å². The highest BCUT2D eigenvalue weighted by Gasteiger charge is 2.16. The number of rotatable bonds is 5. The van der Waals surface area contributed by atoms with E-state index in [-0.39, 0.29) is 0 Å². The first-order valence-corrected chi connectivity index (χ1v) is 18.5. The fraction of sp³-hybridized carbons (Fsp3) is 0. The van der Waals surface area contributed by atoms with Crippen molar-refractivity contribution >= 4 is 54.3 Å². The molecule has 11 aromatic rings. The summed E-state index contributed by atoms with van der Waals surface area (Å²) in [6.45, 7) is 0. The third-order valence-electron chi connectivity index (χ3n) is 10.7. The number of benzene rings is 9. The minimum Gasteiger partial charge on any atom is -0.456 e. The molecule has 0 bridgehead atoms. The lowest BCUT2D eigenvalue weighted by molar-refractivity contribution is 0.669. The summed E-state index contributed by atoms with van der Waals surface area (Å²) in [5.41, 5.74) is 9.13. The Morgan fingerprint density at radius 1 is 0.291 bits per heavy atom. The van der Waals surface area contributed by atoms with E-state index in [1.165, 1.54) is 37.9 Å². The largest absolute Gasteiger partial charge is 0.456 e. The Hall–Kier alpha value is -7.43. The summed E-state index contributed by atoms with van der Waals surface area (Å²) >= 11 is 0. The van der Waals surface area contributed by atoms with Crippen molar-refractivity contribution in [3.8, 4) is 56.4 Å². The quantitative estimate of drug-likeness (QED) is 0.168. The average molecular weight is 702 g/mol. The van der Waals surface area contributed by atoms with Crippen molar-refractivity contribution in [2.75, 3.05) is 0 Å². The molecule has 0 aliphatic heterocycles. The highest BCUT2D eigenvalue weighted by Crippen LogP contribution is 2.40. The van der Waals surface area contributed by atoms with E-state index in [0.717, 1.165) is 55.3 Å². The molecule has 0 aliphatic rings. The third-order valence-corrected chi connectivity index (χ3v) is 10.7. The van der Waals surface area contributed by atoms with Crippen molar-refractivity contribution in [3.63, 3.8) is 0 Å². The van der Waals surface area contributed by atoms with E-state index < -0.39 is 0 Å². The van der Waals surface area contributed by atoms with Crippen LogP contribution < -0.4 is 0 Å². The maximum atomic E-state index is 6.18. The van der Waals surface area contributed by atoms with Crippen molar-refractivity contribution in [3.05, 3.63) is 188 Å². The number of nitrogens with zero attached hydrogens (tertiary/aromatic N) is 3. The molecule has 256 valence electrons. The summed E-state index contributed by atoms with van der Waals surface area (Å²) < 4.78 is 6.18. The maximum Gasteiger partial charge on any atom is 0.164 e. The maximum absolute atomic E-state index is 6.18. The van der Waals surface area contributed by atoms with Crippen molar-refractivity contribution < 1.29 is 4.42 Å². The fourth-order valence-corrected chi connectivity index (χ4v) is 8.07. The van der Waals surface area contributed by atoms with E-state index in [1.807, 2.05) is 54.6 Å². The van der Waals surface area contributed by atoms with Crippen LogP contribution in [0, 0.1) is 0 Å². The van der Waals surface area contributed by atoms with Crippen LogP contribution in [0.15, 0.2) is 192 Å². The van der Waals surface area contributed by atoms with Crippen LogP contribution in [-0.4, -0.2) is 15.0 Å². The lowest BCUT2D eigenvalue weighted by Crippen LogP contribution is -2.00. The molecule has 0 saturated carbocycles. The third kappa shape index (κ3) is 5.26. The zero-order chi connectivity index (χ0) is 36.3. The molecule has 11 rings (SSSR count). The minimum atomic E-state index is 0.624. The van der Waals surface area contributed by atoms with Crippen LogP contribution >= 0.6 is 0 Å². The topological polar surface area (TPSA) is 51.8 Å². The van der Waals surface area contributed by atoms with Gasteiger partial charge >= 0.3 is 0 Å². The SMILES string of the molecule is c1ccc(-c2nc(-c3ccc(-c4cccc5oc6ccccc6c45)cc3)nc(-c3ccc(-c4cc5ccccc5c5ccc6ccccc6c45)cc3)n2)cc1. The summed E-state index contributed by atoms with van der Waals surface area (Å²) in [4.78, 5) is 15.1. The van der Waals surface area contributed by atoms with Gasteiger partial charge in [0.15, 0.2) is 17.5 Å². The van der Waals surface area contributed by atoms with Gasteiger partial charge in [0.2, 0.25) is 0 Å². The molecule has 0 atom stereocenters. The summed E-state index contributed by atoms with van der Waals surface area (Å²) in [6.07, 6.45) is 0. The normalized spacial score (nSPS) is 11.6. The first-order chi connectivity index (χ1) is 27.2. The summed E-state index contributed by atoms with van der Waals surface area (Å²) in [6, 6.07) is 65.8. The van der Waals surface area contributed by atoms with Crippen LogP contribution in [0.3, 0.4) is 0 Å². The highest BCUT2D eigenvalue weighted by atomic mass is 16.3. The monoisotopic (exact) mass is 701 g/mol. The van der Waals surface area contributed by atoms with E-state index in [0.29, 0.717) is 17.5 Å². The Labute approximate surface area is 317 Å². The number of fused-ring (bicyclic) bond motifs is 8. The zero-order valence-corrected chi connectivity index (χ0v) is 29.6. The van der Waals surface area contributed by atoms with Crippen LogP contribution in [0.1, 0.15) is 0 Å². The second-order valence-electron chi connectivity index (χ2n) is 14.0. The predicted octanol–water partition coefficient (Wildman–Crippen LogP) is 13.6. The van der Waals surface area contributed by atoms with E-state index in [4.69, 9.17) is 19.4 Å². The Kier molecular flexibility index (Phi) is 7.14. The number of furan rings is 1. The molecule has 0 saturated heterocycles. The van der Waals surface area contributed by atoms with Gasteiger partial charge in [-0.2, -0.15) is 0 Å². The van der Waals surface area contributed by atoms with Gasteiger partial charge in [0, 0.05) is 27.5 Å². The Balaban J connectivity index is 1.02. The average Bonchev–Trinajstić information content (AvgIpc) is 3.65. The van der Waals surface area contributed by atoms with Crippen LogP contribution in [0.5, 0.6) is 0 Å².